The van der Waals surface area contributed by atoms with Gasteiger partial charge >= 0.3 is 41.0 Å². The zero-order valence-corrected chi connectivity index (χ0v) is 9.75. The summed E-state index contributed by atoms with van der Waals surface area (Å²) >= 11 is 0. The molecule has 0 atom stereocenters. The molecule has 0 aliphatic carbocycles. The number of alkyl halides is 5. The van der Waals surface area contributed by atoms with Crippen LogP contribution in [0.1, 0.15) is 12.8 Å². The van der Waals surface area contributed by atoms with E-state index in [1.54, 1.807) is 0 Å². The molecule has 0 saturated carbocycles. The Balaban J connectivity index is 0. The molecule has 0 radical (unpaired) electrons. The van der Waals surface area contributed by atoms with Crippen molar-refractivity contribution in [3.63, 3.8) is 0 Å². The molecule has 0 aliphatic heterocycles. The maximum Gasteiger partial charge on any atom is 1.00 e. The topological polar surface area (TPSA) is 57.2 Å². The van der Waals surface area contributed by atoms with Crippen LogP contribution in [0.4, 0.5) is 22.0 Å². The predicted molar refractivity (Wildman–Crippen MR) is 29.9 cm³/mol. The molecule has 0 aliphatic rings. The van der Waals surface area contributed by atoms with E-state index in [-0.39, 0.29) is 29.6 Å². The third-order valence-electron chi connectivity index (χ3n) is 1.07. The van der Waals surface area contributed by atoms with E-state index in [2.05, 4.69) is 0 Å². The van der Waals surface area contributed by atoms with Gasteiger partial charge in [-0.3, -0.25) is 0 Å². The first-order valence-electron chi connectivity index (χ1n) is 2.86. The van der Waals surface area contributed by atoms with Crippen molar-refractivity contribution in [3.05, 3.63) is 0 Å². The summed E-state index contributed by atoms with van der Waals surface area (Å²) < 4.78 is 87.2. The van der Waals surface area contributed by atoms with Gasteiger partial charge in [0, 0.05) is 6.42 Å². The van der Waals surface area contributed by atoms with Crippen LogP contribution in [0.25, 0.3) is 0 Å². The van der Waals surface area contributed by atoms with Gasteiger partial charge < -0.3 is 4.55 Å². The van der Waals surface area contributed by atoms with Gasteiger partial charge in [-0.15, -0.1) is 0 Å². The molecular formula is C4H4F5NaO3S. The van der Waals surface area contributed by atoms with Crippen LogP contribution >= 0.6 is 0 Å². The number of hydrogen-bond acceptors (Lipinski definition) is 3. The molecule has 0 aromatic carbocycles. The van der Waals surface area contributed by atoms with Gasteiger partial charge in [0.1, 0.15) is 0 Å². The second-order valence-electron chi connectivity index (χ2n) is 2.21. The van der Waals surface area contributed by atoms with Crippen LogP contribution in [0.15, 0.2) is 0 Å². The van der Waals surface area contributed by atoms with Crippen molar-refractivity contribution < 1.29 is 64.5 Å². The monoisotopic (exact) mass is 250 g/mol. The van der Waals surface area contributed by atoms with E-state index in [1.807, 2.05) is 0 Å². The predicted octanol–water partition coefficient (Wildman–Crippen LogP) is -1.53. The first-order chi connectivity index (χ1) is 5.46. The molecule has 0 aromatic rings. The van der Waals surface area contributed by atoms with Crippen LogP contribution in [0.3, 0.4) is 0 Å². The summed E-state index contributed by atoms with van der Waals surface area (Å²) in [5.74, 6) is 0. The zero-order chi connectivity index (χ0) is 10.9. The van der Waals surface area contributed by atoms with Gasteiger partial charge in [-0.05, 0) is 0 Å². The number of rotatable bonds is 3. The van der Waals surface area contributed by atoms with Gasteiger partial charge in [0.2, 0.25) is 0 Å². The van der Waals surface area contributed by atoms with Crippen LogP contribution in [-0.2, 0) is 10.1 Å². The molecule has 0 fully saturated rings. The fourth-order valence-corrected chi connectivity index (χ4v) is 0.764. The van der Waals surface area contributed by atoms with Gasteiger partial charge in [-0.25, -0.2) is 8.42 Å². The van der Waals surface area contributed by atoms with E-state index in [4.69, 9.17) is 0 Å². The minimum atomic E-state index is -6.01. The first kappa shape index (κ1) is 17.0. The molecule has 0 rings (SSSR count). The molecule has 10 heteroatoms. The van der Waals surface area contributed by atoms with Gasteiger partial charge in [0.05, 0.1) is 6.42 Å². The fourth-order valence-electron chi connectivity index (χ4n) is 0.412. The van der Waals surface area contributed by atoms with Gasteiger partial charge in [-0.1, -0.05) is 0 Å². The molecule has 0 aromatic heterocycles. The van der Waals surface area contributed by atoms with Crippen LogP contribution in [0.2, 0.25) is 0 Å². The minimum Gasteiger partial charge on any atom is -0.743 e. The van der Waals surface area contributed by atoms with Gasteiger partial charge in [0.15, 0.2) is 10.1 Å². The van der Waals surface area contributed by atoms with Crippen LogP contribution < -0.4 is 29.6 Å². The Labute approximate surface area is 98.7 Å². The van der Waals surface area contributed by atoms with E-state index in [1.165, 1.54) is 0 Å². The Hall–Kier alpha value is 0.560. The van der Waals surface area contributed by atoms with Crippen molar-refractivity contribution in [1.29, 1.82) is 0 Å². The maximum atomic E-state index is 12.1. The average Bonchev–Trinajstić information content (AvgIpc) is 1.79. The summed E-state index contributed by atoms with van der Waals surface area (Å²) in [6.45, 7) is 0. The summed E-state index contributed by atoms with van der Waals surface area (Å²) in [5, 5.41) is -4.86. The molecular weight excluding hydrogens is 246 g/mol. The third-order valence-corrected chi connectivity index (χ3v) is 2.00. The maximum absolute atomic E-state index is 12.1. The molecule has 0 unspecified atom stereocenters. The van der Waals surface area contributed by atoms with Crippen molar-refractivity contribution >= 4 is 10.1 Å². The summed E-state index contributed by atoms with van der Waals surface area (Å²) in [7, 11) is -6.01. The molecule has 0 amide bonds. The molecule has 0 saturated heterocycles. The Morgan fingerprint density at radius 3 is 1.57 bits per heavy atom. The van der Waals surface area contributed by atoms with Crippen molar-refractivity contribution in [2.24, 2.45) is 0 Å². The van der Waals surface area contributed by atoms with Gasteiger partial charge in [0.25, 0.3) is 0 Å². The second-order valence-corrected chi connectivity index (χ2v) is 3.71. The van der Waals surface area contributed by atoms with Gasteiger partial charge in [-0.2, -0.15) is 22.0 Å². The van der Waals surface area contributed by atoms with Crippen molar-refractivity contribution in [2.75, 3.05) is 0 Å². The SMILES string of the molecule is O=S(=O)([O-])C(F)(F)CCC(F)(F)F.[Na+]. The Morgan fingerprint density at radius 2 is 1.36 bits per heavy atom. The van der Waals surface area contributed by atoms with Crippen molar-refractivity contribution in [3.8, 4) is 0 Å². The van der Waals surface area contributed by atoms with Crippen LogP contribution in [0, 0.1) is 0 Å². The third kappa shape index (κ3) is 6.12. The van der Waals surface area contributed by atoms with Crippen molar-refractivity contribution in [2.45, 2.75) is 24.3 Å². The summed E-state index contributed by atoms with van der Waals surface area (Å²) in [5.41, 5.74) is 0. The molecule has 0 N–H and O–H groups in total. The number of hydrogen-bond donors (Lipinski definition) is 0. The Morgan fingerprint density at radius 1 is 1.00 bits per heavy atom. The smallest absolute Gasteiger partial charge is 0.743 e. The van der Waals surface area contributed by atoms with E-state index in [0.29, 0.717) is 0 Å². The summed E-state index contributed by atoms with van der Waals surface area (Å²) in [4.78, 5) is 0. The Kier molecular flexibility index (Phi) is 6.13. The quantitative estimate of drug-likeness (QED) is 0.347. The van der Waals surface area contributed by atoms with Crippen LogP contribution in [0.5, 0.6) is 0 Å². The fraction of sp³-hybridized carbons (Fsp3) is 1.00. The molecule has 0 bridgehead atoms. The molecule has 0 spiro atoms. The summed E-state index contributed by atoms with van der Waals surface area (Å²) in [6, 6.07) is 0. The van der Waals surface area contributed by atoms with E-state index >= 15 is 0 Å². The Bertz CT molecular complexity index is 271. The van der Waals surface area contributed by atoms with E-state index in [9.17, 15) is 34.9 Å². The number of halogens is 5. The first-order valence-corrected chi connectivity index (χ1v) is 4.26. The van der Waals surface area contributed by atoms with Crippen molar-refractivity contribution in [1.82, 2.24) is 0 Å². The minimum absolute atomic E-state index is 0. The van der Waals surface area contributed by atoms with E-state index < -0.39 is 34.4 Å². The summed E-state index contributed by atoms with van der Waals surface area (Å²) in [6.07, 6.45) is -8.96. The largest absolute Gasteiger partial charge is 1.00 e. The second kappa shape index (κ2) is 5.06. The normalized spacial score (nSPS) is 13.6. The molecule has 14 heavy (non-hydrogen) atoms. The molecule has 0 heterocycles. The van der Waals surface area contributed by atoms with Crippen LogP contribution in [-0.4, -0.2) is 24.4 Å². The average molecular weight is 250 g/mol. The zero-order valence-electron chi connectivity index (χ0n) is 6.94. The van der Waals surface area contributed by atoms with E-state index in [0.717, 1.165) is 0 Å². The molecule has 80 valence electrons. The standard InChI is InChI=1S/C4H5F5O3S.Na/c5-3(6,7)1-2-4(8,9)13(10,11)12;/h1-2H2,(H,10,11,12);/q;+1/p-1. The molecule has 3 nitrogen and oxygen atoms in total.